The van der Waals surface area contributed by atoms with Crippen molar-refractivity contribution in [2.24, 2.45) is 5.92 Å². The van der Waals surface area contributed by atoms with E-state index in [1.807, 2.05) is 75.4 Å². The summed E-state index contributed by atoms with van der Waals surface area (Å²) < 4.78 is 5.97. The first kappa shape index (κ1) is 24.9. The van der Waals surface area contributed by atoms with E-state index >= 15 is 0 Å². The number of hydrogen-bond acceptors (Lipinski definition) is 4. The Bertz CT molecular complexity index is 1230. The van der Waals surface area contributed by atoms with E-state index in [-0.39, 0.29) is 36.9 Å². The highest BCUT2D eigenvalue weighted by molar-refractivity contribution is 6.03. The molecule has 2 aromatic carbocycles. The number of nitrogens with zero attached hydrogens (tertiary/aromatic N) is 2. The predicted molar refractivity (Wildman–Crippen MR) is 136 cm³/mol. The van der Waals surface area contributed by atoms with E-state index in [4.69, 9.17) is 11.2 Å². The molecule has 4 amide bonds. The molecule has 4 rings (SSSR count). The number of terminal acetylenes is 1. The molecule has 0 saturated carbocycles. The molecule has 36 heavy (non-hydrogen) atoms. The summed E-state index contributed by atoms with van der Waals surface area (Å²) in [5, 5.41) is 5.68. The molecule has 0 unspecified atom stereocenters. The summed E-state index contributed by atoms with van der Waals surface area (Å²) in [7, 11) is 0. The molecule has 186 valence electrons. The lowest BCUT2D eigenvalue weighted by atomic mass is 9.95. The molecule has 2 aliphatic heterocycles. The minimum absolute atomic E-state index is 0.0786. The second-order valence-corrected chi connectivity index (χ2v) is 9.02. The van der Waals surface area contributed by atoms with Gasteiger partial charge in [-0.3, -0.25) is 14.5 Å². The van der Waals surface area contributed by atoms with Gasteiger partial charge in [0.25, 0.3) is 5.91 Å². The van der Waals surface area contributed by atoms with E-state index in [0.717, 1.165) is 0 Å². The molecule has 2 aliphatic rings. The smallest absolute Gasteiger partial charge is 0.322 e. The van der Waals surface area contributed by atoms with Gasteiger partial charge in [0.15, 0.2) is 0 Å². The number of nitrogens with one attached hydrogen (secondary N) is 2. The number of hydrogen-bond donors (Lipinski definition) is 2. The number of likely N-dealkylation sites (N-methyl/N-ethyl adjacent to an activating group) is 1. The molecule has 0 aromatic heterocycles. The first-order chi connectivity index (χ1) is 17.3. The molecular weight excluding hydrogens is 456 g/mol. The monoisotopic (exact) mass is 486 g/mol. The van der Waals surface area contributed by atoms with Crippen LogP contribution in [0.4, 0.5) is 4.79 Å². The number of urea groups is 1. The van der Waals surface area contributed by atoms with Gasteiger partial charge in [-0.2, -0.15) is 0 Å². The molecule has 0 fully saturated rings. The van der Waals surface area contributed by atoms with E-state index in [2.05, 4.69) is 16.6 Å². The number of amides is 4. The highest BCUT2D eigenvalue weighted by Crippen LogP contribution is 2.38. The summed E-state index contributed by atoms with van der Waals surface area (Å²) in [5.74, 6) is 2.91. The van der Waals surface area contributed by atoms with Gasteiger partial charge in [0.2, 0.25) is 5.91 Å². The molecule has 8 nitrogen and oxygen atoms in total. The fraction of sp³-hybridized carbons (Fsp3) is 0.321. The fourth-order valence-corrected chi connectivity index (χ4v) is 4.75. The fourth-order valence-electron chi connectivity index (χ4n) is 4.75. The van der Waals surface area contributed by atoms with E-state index in [9.17, 15) is 14.4 Å². The van der Waals surface area contributed by atoms with Gasteiger partial charge in [-0.05, 0) is 42.7 Å². The lowest BCUT2D eigenvalue weighted by Gasteiger charge is -2.33. The summed E-state index contributed by atoms with van der Waals surface area (Å²) in [6.45, 7) is 6.26. The largest absolute Gasteiger partial charge is 0.457 e. The van der Waals surface area contributed by atoms with Crippen LogP contribution in [0.15, 0.2) is 65.9 Å². The molecule has 2 aromatic rings. The summed E-state index contributed by atoms with van der Waals surface area (Å²) in [6, 6.07) is 15.0. The number of rotatable bonds is 8. The maximum atomic E-state index is 13.8. The Morgan fingerprint density at radius 2 is 1.89 bits per heavy atom. The molecule has 0 saturated heterocycles. The minimum atomic E-state index is -0.723. The number of para-hydroxylation sites is 1. The van der Waals surface area contributed by atoms with Gasteiger partial charge < -0.3 is 20.3 Å². The minimum Gasteiger partial charge on any atom is -0.457 e. The van der Waals surface area contributed by atoms with Crippen molar-refractivity contribution in [1.82, 2.24) is 20.4 Å². The van der Waals surface area contributed by atoms with Crippen molar-refractivity contribution < 1.29 is 19.1 Å². The summed E-state index contributed by atoms with van der Waals surface area (Å²) in [4.78, 5) is 42.9. The lowest BCUT2D eigenvalue weighted by Crippen LogP contribution is -2.51. The maximum absolute atomic E-state index is 13.8. The Balaban J connectivity index is 1.69. The number of carbonyl (C=O) groups is 3. The van der Waals surface area contributed by atoms with Crippen molar-refractivity contribution in [1.29, 1.82) is 0 Å². The average Bonchev–Trinajstić information content (AvgIpc) is 3.19. The van der Waals surface area contributed by atoms with Gasteiger partial charge in [-0.25, -0.2) is 4.79 Å². The van der Waals surface area contributed by atoms with E-state index in [1.54, 1.807) is 9.80 Å². The van der Waals surface area contributed by atoms with E-state index in [1.165, 1.54) is 0 Å². The highest BCUT2D eigenvalue weighted by Gasteiger charge is 2.47. The van der Waals surface area contributed by atoms with Gasteiger partial charge in [-0.15, -0.1) is 6.42 Å². The molecular formula is C28H30N4O4. The van der Waals surface area contributed by atoms with Crippen LogP contribution in [0, 0.1) is 18.3 Å². The molecule has 2 atom stereocenters. The summed E-state index contributed by atoms with van der Waals surface area (Å²) >= 11 is 0. The number of carbonyl (C=O) groups excluding carboxylic acids is 3. The Labute approximate surface area is 211 Å². The van der Waals surface area contributed by atoms with Gasteiger partial charge in [-0.1, -0.05) is 50.1 Å². The predicted octanol–water partition coefficient (Wildman–Crippen LogP) is 3.44. The van der Waals surface area contributed by atoms with Crippen molar-refractivity contribution in [3.05, 3.63) is 71.4 Å². The Hall–Kier alpha value is -4.25. The molecule has 2 N–H and O–H groups in total. The first-order valence-corrected chi connectivity index (χ1v) is 12.0. The average molecular weight is 487 g/mol. The van der Waals surface area contributed by atoms with Gasteiger partial charge >= 0.3 is 6.03 Å². The first-order valence-electron chi connectivity index (χ1n) is 12.0. The third kappa shape index (κ3) is 4.78. The van der Waals surface area contributed by atoms with E-state index in [0.29, 0.717) is 34.9 Å². The zero-order valence-corrected chi connectivity index (χ0v) is 20.7. The molecule has 0 radical (unpaired) electrons. The van der Waals surface area contributed by atoms with Gasteiger partial charge in [0, 0.05) is 6.54 Å². The molecule has 0 spiro atoms. The second kappa shape index (κ2) is 10.6. The van der Waals surface area contributed by atoms with Crippen LogP contribution >= 0.6 is 0 Å². The van der Waals surface area contributed by atoms with Crippen molar-refractivity contribution in [3.63, 3.8) is 0 Å². The third-order valence-corrected chi connectivity index (χ3v) is 6.34. The topological polar surface area (TPSA) is 91.0 Å². The van der Waals surface area contributed by atoms with Crippen LogP contribution in [0.1, 0.15) is 32.4 Å². The third-order valence-electron chi connectivity index (χ3n) is 6.34. The number of benzene rings is 2. The Morgan fingerprint density at radius 3 is 2.56 bits per heavy atom. The normalized spacial score (nSPS) is 18.0. The van der Waals surface area contributed by atoms with Crippen molar-refractivity contribution in [2.75, 3.05) is 19.6 Å². The van der Waals surface area contributed by atoms with Gasteiger partial charge in [0.1, 0.15) is 17.5 Å². The van der Waals surface area contributed by atoms with Crippen molar-refractivity contribution >= 4 is 17.8 Å². The Morgan fingerprint density at radius 1 is 1.17 bits per heavy atom. The van der Waals surface area contributed by atoms with Crippen molar-refractivity contribution in [3.8, 4) is 23.8 Å². The summed E-state index contributed by atoms with van der Waals surface area (Å²) in [6.07, 6.45) is 5.31. The second-order valence-electron chi connectivity index (χ2n) is 9.02. The van der Waals surface area contributed by atoms with Gasteiger partial charge in [0.05, 0.1) is 30.4 Å². The highest BCUT2D eigenvalue weighted by atomic mass is 16.5. The zero-order valence-electron chi connectivity index (χ0n) is 20.7. The van der Waals surface area contributed by atoms with Crippen LogP contribution < -0.4 is 15.4 Å². The van der Waals surface area contributed by atoms with E-state index < -0.39 is 12.1 Å². The quantitative estimate of drug-likeness (QED) is 0.560. The van der Waals surface area contributed by atoms with Crippen molar-refractivity contribution in [2.45, 2.75) is 32.9 Å². The molecule has 0 bridgehead atoms. The molecule has 2 heterocycles. The van der Waals surface area contributed by atoms with Crippen LogP contribution in [-0.2, 0) is 9.59 Å². The standard InChI is InChI=1S/C28H30N4O4/c1-5-15-29-26(33)25(18(3)4)32-17-22-23(27(32)34)24(30-28(35)31(22)6-2)19-11-10-14-21(16-19)36-20-12-8-7-9-13-20/h1,7-14,16,18,24-25H,6,15,17H2,2-4H3,(H,29,33)(H,30,35)/t24-,25-/m0/s1. The SMILES string of the molecule is C#CCNC(=O)[C@H](C(C)C)N1CC2=C(C1=O)[C@H](c1cccc(Oc3ccccc3)c1)NC(=O)N2CC. The maximum Gasteiger partial charge on any atom is 0.322 e. The van der Waals surface area contributed by atoms with Crippen LogP contribution in [0.5, 0.6) is 11.5 Å². The van der Waals surface area contributed by atoms with Crippen LogP contribution in [0.2, 0.25) is 0 Å². The number of ether oxygens (including phenoxy) is 1. The van der Waals surface area contributed by atoms with Crippen LogP contribution in [0.25, 0.3) is 0 Å². The summed E-state index contributed by atoms with van der Waals surface area (Å²) in [5.41, 5.74) is 1.79. The van der Waals surface area contributed by atoms with Crippen LogP contribution in [-0.4, -0.2) is 53.3 Å². The van der Waals surface area contributed by atoms with Crippen LogP contribution in [0.3, 0.4) is 0 Å². The zero-order chi connectivity index (χ0) is 25.8. The Kier molecular flexibility index (Phi) is 7.30. The molecule has 0 aliphatic carbocycles. The molecule has 8 heteroatoms. The lowest BCUT2D eigenvalue weighted by molar-refractivity contribution is -0.138.